The van der Waals surface area contributed by atoms with Crippen molar-refractivity contribution in [2.24, 2.45) is 23.3 Å². The van der Waals surface area contributed by atoms with Crippen molar-refractivity contribution in [2.75, 3.05) is 6.54 Å². The minimum Gasteiger partial charge on any atom is -0.500 e. The molecule has 0 radical (unpaired) electrons. The monoisotopic (exact) mass is 702 g/mol. The normalized spacial score (nSPS) is 28.8. The first-order chi connectivity index (χ1) is 22.5. The number of nitrogens with two attached hydrogens (primary N) is 2. The molecule has 3 heterocycles. The maximum atomic E-state index is 13.1. The number of hydrogen-bond donors (Lipinski definition) is 8. The lowest BCUT2D eigenvalue weighted by Gasteiger charge is -2.34. The number of nitrogens with zero attached hydrogens (tertiary/aromatic N) is 1. The molecule has 0 aromatic carbocycles. The Morgan fingerprint density at radius 2 is 1.57 bits per heavy atom. The van der Waals surface area contributed by atoms with Gasteiger partial charge in [0.15, 0.2) is 23.6 Å². The van der Waals surface area contributed by atoms with E-state index in [1.165, 1.54) is 18.7 Å². The minimum atomic E-state index is -2.79. The molecule has 3 rings (SSSR count). The first-order valence-corrected chi connectivity index (χ1v) is 15.5. The second kappa shape index (κ2) is 15.7. The molecule has 276 valence electrons. The molecule has 0 unspecified atom stereocenters. The number of ether oxygens (including phenoxy) is 3. The van der Waals surface area contributed by atoms with Gasteiger partial charge in [-0.15, -0.1) is 0 Å². The van der Waals surface area contributed by atoms with Gasteiger partial charge in [0.05, 0.1) is 18.5 Å². The second-order valence-corrected chi connectivity index (χ2v) is 13.3. The summed E-state index contributed by atoms with van der Waals surface area (Å²) >= 11 is 0. The number of Topliss-reactive ketones (excluding diaryl/α,β-unsaturated/α-hetero) is 1. The summed E-state index contributed by atoms with van der Waals surface area (Å²) in [7, 11) is 0. The molecule has 3 aliphatic rings. The predicted molar refractivity (Wildman–Crippen MR) is 164 cm³/mol. The Hall–Kier alpha value is -3.97. The first kappa shape index (κ1) is 41.2. The number of aliphatic hydroxyl groups is 2. The summed E-state index contributed by atoms with van der Waals surface area (Å²) in [5.41, 5.74) is 8.83. The van der Waals surface area contributed by atoms with Gasteiger partial charge in [0.2, 0.25) is 23.2 Å². The van der Waals surface area contributed by atoms with E-state index in [0.29, 0.717) is 19.4 Å². The lowest BCUT2D eigenvalue weighted by atomic mass is 9.79. The molecule has 0 spiro atoms. The number of rotatable bonds is 13. The van der Waals surface area contributed by atoms with Crippen LogP contribution in [0.3, 0.4) is 0 Å². The van der Waals surface area contributed by atoms with Crippen molar-refractivity contribution in [1.82, 2.24) is 10.2 Å². The van der Waals surface area contributed by atoms with E-state index in [-0.39, 0.29) is 18.3 Å². The van der Waals surface area contributed by atoms with Crippen molar-refractivity contribution >= 4 is 41.4 Å². The summed E-state index contributed by atoms with van der Waals surface area (Å²) in [5.74, 6) is -11.0. The molecule has 0 bridgehead atoms. The zero-order valence-electron chi connectivity index (χ0n) is 28.1. The van der Waals surface area contributed by atoms with Gasteiger partial charge in [-0.3, -0.25) is 19.2 Å². The maximum absolute atomic E-state index is 13.1. The quantitative estimate of drug-likeness (QED) is 0.0780. The fourth-order valence-corrected chi connectivity index (χ4v) is 6.01. The summed E-state index contributed by atoms with van der Waals surface area (Å²) in [6.07, 6.45) is -3.36. The van der Waals surface area contributed by atoms with E-state index in [1.54, 1.807) is 27.7 Å². The van der Waals surface area contributed by atoms with Crippen LogP contribution in [0.25, 0.3) is 0 Å². The number of nitrogens with one attached hydrogen (secondary N) is 1. The molecule has 2 amide bonds. The van der Waals surface area contributed by atoms with E-state index in [4.69, 9.17) is 35.9 Å². The number of hydrogen-bond acceptors (Lipinski definition) is 14. The highest BCUT2D eigenvalue weighted by molar-refractivity contribution is 6.00. The largest absolute Gasteiger partial charge is 0.500 e. The van der Waals surface area contributed by atoms with Crippen molar-refractivity contribution in [2.45, 2.75) is 121 Å². The van der Waals surface area contributed by atoms with Crippen molar-refractivity contribution in [3.63, 3.8) is 0 Å². The number of fused-ring (bicyclic) bond motifs is 1. The Labute approximate surface area is 281 Å². The van der Waals surface area contributed by atoms with Crippen LogP contribution in [-0.4, -0.2) is 132 Å². The van der Waals surface area contributed by atoms with Crippen LogP contribution in [0.4, 0.5) is 0 Å². The van der Waals surface area contributed by atoms with E-state index < -0.39 is 101 Å². The Morgan fingerprint density at radius 3 is 2.04 bits per heavy atom. The molecule has 10 N–H and O–H groups in total. The van der Waals surface area contributed by atoms with Gasteiger partial charge in [0, 0.05) is 6.54 Å². The molecule has 0 aromatic rings. The van der Waals surface area contributed by atoms with Crippen LogP contribution in [0, 0.1) is 11.8 Å². The lowest BCUT2D eigenvalue weighted by Crippen LogP contribution is -2.67. The first-order valence-electron chi connectivity index (χ1n) is 15.5. The average molecular weight is 703 g/mol. The Kier molecular flexibility index (Phi) is 13.2. The van der Waals surface area contributed by atoms with Gasteiger partial charge in [-0.1, -0.05) is 27.7 Å². The van der Waals surface area contributed by atoms with E-state index in [2.05, 4.69) is 5.32 Å². The van der Waals surface area contributed by atoms with Crippen LogP contribution < -0.4 is 16.8 Å². The molecular formula is C30H46N4O15. The number of likely N-dealkylation sites (tertiary alicyclic amines) is 1. The van der Waals surface area contributed by atoms with Crippen LogP contribution in [-0.2, 0) is 47.8 Å². The molecule has 0 saturated carbocycles. The highest BCUT2D eigenvalue weighted by Crippen LogP contribution is 2.55. The third-order valence-corrected chi connectivity index (χ3v) is 8.15. The molecule has 49 heavy (non-hydrogen) atoms. The third-order valence-electron chi connectivity index (χ3n) is 8.15. The molecule has 3 saturated heterocycles. The third kappa shape index (κ3) is 8.43. The molecule has 8 atom stereocenters. The number of ketones is 1. The van der Waals surface area contributed by atoms with Crippen LogP contribution in [0.2, 0.25) is 0 Å². The zero-order valence-corrected chi connectivity index (χ0v) is 28.1. The van der Waals surface area contributed by atoms with Crippen LogP contribution in [0.1, 0.15) is 67.2 Å². The topological polar surface area (TPSA) is 316 Å². The fourth-order valence-electron chi connectivity index (χ4n) is 6.01. The SMILES string of the molecule is CC(C)C[C@H](N)C(=O)[C@@]12OC(C)(C)O[C@]1(C(=O)O)O[C@@H](C(O)=C=O)[C@H]2O.CC(C)[C@H](NC(=O)[C@@H](N)CC(=O)O)C(=O)N1CCC[C@H]1C(=O)O. The van der Waals surface area contributed by atoms with Crippen LogP contribution in [0.15, 0.2) is 5.76 Å². The van der Waals surface area contributed by atoms with Crippen molar-refractivity contribution in [3.8, 4) is 0 Å². The number of carboxylic acids is 3. The molecule has 3 aliphatic heterocycles. The molecule has 0 aliphatic carbocycles. The second-order valence-electron chi connectivity index (χ2n) is 13.3. The molecular weight excluding hydrogens is 656 g/mol. The highest BCUT2D eigenvalue weighted by atomic mass is 16.9. The summed E-state index contributed by atoms with van der Waals surface area (Å²) < 4.78 is 16.1. The maximum Gasteiger partial charge on any atom is 0.368 e. The van der Waals surface area contributed by atoms with Gasteiger partial charge >= 0.3 is 23.7 Å². The minimum absolute atomic E-state index is 0.0153. The lowest BCUT2D eigenvalue weighted by molar-refractivity contribution is -0.261. The van der Waals surface area contributed by atoms with Gasteiger partial charge in [-0.25, -0.2) is 14.4 Å². The van der Waals surface area contributed by atoms with Crippen molar-refractivity contribution < 1.29 is 73.3 Å². The van der Waals surface area contributed by atoms with Gasteiger partial charge in [-0.2, -0.15) is 0 Å². The van der Waals surface area contributed by atoms with Gasteiger partial charge < -0.3 is 61.4 Å². The van der Waals surface area contributed by atoms with Gasteiger partial charge in [-0.05, 0) is 44.9 Å². The molecule has 0 aromatic heterocycles. The zero-order chi connectivity index (χ0) is 37.8. The summed E-state index contributed by atoms with van der Waals surface area (Å²) in [5, 5.41) is 50.3. The van der Waals surface area contributed by atoms with E-state index in [0.717, 1.165) is 5.94 Å². The van der Waals surface area contributed by atoms with Crippen molar-refractivity contribution in [1.29, 1.82) is 0 Å². The molecule has 19 heteroatoms. The van der Waals surface area contributed by atoms with E-state index in [1.807, 2.05) is 0 Å². The van der Waals surface area contributed by atoms with E-state index in [9.17, 15) is 48.9 Å². The van der Waals surface area contributed by atoms with Crippen LogP contribution >= 0.6 is 0 Å². The number of carboxylic acid groups (broad SMARTS) is 3. The standard InChI is InChI=1S/C16H23NO9.C14H23N3O6/c1-7(2)5-8(17)11(20)15-12(21)10(9(19)6-18)24-16(15,13(22)23)26-14(3,4)25-15;1-7(2)11(16-12(20)8(15)6-10(18)19)13(21)17-5-3-4-9(17)14(22)23/h7-8,10,12,19,21H,5,17H2,1-4H3,(H,22,23);7-9,11H,3-6,15H2,1-2H3,(H,16,20)(H,18,19)(H,22,23)/t8-,10-,12+,15-,16-;8-,9-,11-/m00/s1. The molecule has 3 fully saturated rings. The summed E-state index contributed by atoms with van der Waals surface area (Å²) in [6, 6.07) is -4.31. The number of amides is 2. The van der Waals surface area contributed by atoms with Gasteiger partial charge in [0.25, 0.3) is 0 Å². The Bertz CT molecular complexity index is 1360. The van der Waals surface area contributed by atoms with Crippen LogP contribution in [0.5, 0.6) is 0 Å². The Morgan fingerprint density at radius 1 is 0.980 bits per heavy atom. The fraction of sp³-hybridized carbons (Fsp3) is 0.733. The number of carbonyl (C=O) groups is 6. The number of aliphatic carboxylic acids is 3. The average Bonchev–Trinajstić information content (AvgIpc) is 3.64. The predicted octanol–water partition coefficient (Wildman–Crippen LogP) is -1.73. The van der Waals surface area contributed by atoms with E-state index >= 15 is 0 Å². The summed E-state index contributed by atoms with van der Waals surface area (Å²) in [4.78, 5) is 83.5. The van der Waals surface area contributed by atoms with Crippen molar-refractivity contribution in [3.05, 3.63) is 5.76 Å². The highest BCUT2D eigenvalue weighted by Gasteiger charge is 2.83. The summed E-state index contributed by atoms with van der Waals surface area (Å²) in [6.45, 7) is 10.00. The number of carbonyl (C=O) groups excluding carboxylic acids is 4. The smallest absolute Gasteiger partial charge is 0.368 e. The Balaban J connectivity index is 0.000000343. The van der Waals surface area contributed by atoms with Gasteiger partial charge in [0.1, 0.15) is 18.2 Å². The molecule has 19 nitrogen and oxygen atoms in total. The number of aliphatic hydroxyl groups excluding tert-OH is 2.